The zero-order chi connectivity index (χ0) is 13.3. The molecule has 0 saturated carbocycles. The zero-order valence-electron chi connectivity index (χ0n) is 10.3. The van der Waals surface area contributed by atoms with Crippen LogP contribution in [0.4, 0.5) is 5.69 Å². The number of β-amino-alcohol motifs (C(OH)–C–C–N with tert-alkyl or cyclic N) is 1. The van der Waals surface area contributed by atoms with Gasteiger partial charge in [0.05, 0.1) is 6.10 Å². The maximum Gasteiger partial charge on any atom is 0.105 e. The number of rotatable bonds is 2. The number of benzene rings is 1. The number of piperidine rings is 1. The molecule has 2 unspecified atom stereocenters. The second-order valence-electron chi connectivity index (χ2n) is 4.81. The summed E-state index contributed by atoms with van der Waals surface area (Å²) in [6.07, 6.45) is 0.753. The topological polar surface area (TPSA) is 49.5 Å². The van der Waals surface area contributed by atoms with Gasteiger partial charge in [-0.3, -0.25) is 0 Å². The summed E-state index contributed by atoms with van der Waals surface area (Å²) < 4.78 is 0.903. The maximum atomic E-state index is 9.93. The molecule has 98 valence electrons. The van der Waals surface area contributed by atoms with Crippen LogP contribution in [0.1, 0.15) is 18.9 Å². The van der Waals surface area contributed by atoms with E-state index in [4.69, 9.17) is 18.0 Å². The third kappa shape index (κ3) is 2.84. The van der Waals surface area contributed by atoms with E-state index in [9.17, 15) is 5.11 Å². The lowest BCUT2D eigenvalue weighted by Gasteiger charge is -2.36. The first kappa shape index (κ1) is 13.8. The van der Waals surface area contributed by atoms with E-state index in [0.717, 1.165) is 28.7 Å². The van der Waals surface area contributed by atoms with Crippen molar-refractivity contribution in [3.05, 3.63) is 28.2 Å². The number of nitrogens with two attached hydrogens (primary N) is 1. The van der Waals surface area contributed by atoms with Crippen LogP contribution in [0.2, 0.25) is 0 Å². The van der Waals surface area contributed by atoms with Crippen molar-refractivity contribution in [3.63, 3.8) is 0 Å². The van der Waals surface area contributed by atoms with Crippen LogP contribution in [0.15, 0.2) is 22.7 Å². The summed E-state index contributed by atoms with van der Waals surface area (Å²) in [5, 5.41) is 9.93. The van der Waals surface area contributed by atoms with Gasteiger partial charge in [0, 0.05) is 28.8 Å². The van der Waals surface area contributed by atoms with Crippen LogP contribution in [0, 0.1) is 5.92 Å². The Hall–Kier alpha value is -0.650. The molecule has 0 aromatic heterocycles. The first-order chi connectivity index (χ1) is 8.49. The van der Waals surface area contributed by atoms with E-state index >= 15 is 0 Å². The Bertz CT molecular complexity index is 466. The van der Waals surface area contributed by atoms with Gasteiger partial charge in [-0.05, 0) is 46.5 Å². The number of aliphatic hydroxyl groups excluding tert-OH is 1. The highest BCUT2D eigenvalue weighted by Gasteiger charge is 2.24. The third-order valence-electron chi connectivity index (χ3n) is 3.50. The largest absolute Gasteiger partial charge is 0.391 e. The molecule has 0 spiro atoms. The van der Waals surface area contributed by atoms with Crippen molar-refractivity contribution in [3.8, 4) is 0 Å². The highest BCUT2D eigenvalue weighted by atomic mass is 79.9. The van der Waals surface area contributed by atoms with E-state index in [1.807, 2.05) is 18.2 Å². The molecule has 0 aliphatic carbocycles. The fraction of sp³-hybridized carbons (Fsp3) is 0.462. The van der Waals surface area contributed by atoms with E-state index in [-0.39, 0.29) is 6.10 Å². The van der Waals surface area contributed by atoms with Crippen molar-refractivity contribution in [2.75, 3.05) is 18.0 Å². The van der Waals surface area contributed by atoms with Gasteiger partial charge < -0.3 is 15.7 Å². The third-order valence-corrected chi connectivity index (χ3v) is 4.38. The number of hydrogen-bond acceptors (Lipinski definition) is 3. The van der Waals surface area contributed by atoms with Gasteiger partial charge in [0.15, 0.2) is 0 Å². The van der Waals surface area contributed by atoms with Crippen LogP contribution in [0.25, 0.3) is 0 Å². The lowest BCUT2D eigenvalue weighted by molar-refractivity contribution is 0.103. The molecule has 3 nitrogen and oxygen atoms in total. The fourth-order valence-corrected chi connectivity index (χ4v) is 3.07. The Labute approximate surface area is 121 Å². The van der Waals surface area contributed by atoms with Gasteiger partial charge in [0.1, 0.15) is 4.99 Å². The number of hydrogen-bond donors (Lipinski definition) is 2. The summed E-state index contributed by atoms with van der Waals surface area (Å²) in [4.78, 5) is 2.58. The molecule has 1 heterocycles. The van der Waals surface area contributed by atoms with Gasteiger partial charge in [-0.2, -0.15) is 0 Å². The molecule has 3 N–H and O–H groups in total. The molecule has 1 fully saturated rings. The molecule has 0 bridgehead atoms. The van der Waals surface area contributed by atoms with Crippen molar-refractivity contribution in [2.45, 2.75) is 19.4 Å². The molecule has 2 rings (SSSR count). The van der Waals surface area contributed by atoms with Crippen molar-refractivity contribution in [2.24, 2.45) is 11.7 Å². The average Bonchev–Trinajstić information content (AvgIpc) is 2.32. The van der Waals surface area contributed by atoms with E-state index in [1.165, 1.54) is 0 Å². The normalized spacial score (nSPS) is 24.1. The number of nitrogens with zero attached hydrogens (tertiary/aromatic N) is 1. The SMILES string of the molecule is CC1CCN(c2ccc(C(N)=S)c(Br)c2)CC1O. The molecule has 1 saturated heterocycles. The van der Waals surface area contributed by atoms with Crippen molar-refractivity contribution in [1.82, 2.24) is 0 Å². The van der Waals surface area contributed by atoms with Crippen molar-refractivity contribution >= 4 is 38.8 Å². The molecule has 18 heavy (non-hydrogen) atoms. The lowest BCUT2D eigenvalue weighted by Crippen LogP contribution is -2.42. The van der Waals surface area contributed by atoms with Crippen LogP contribution < -0.4 is 10.6 Å². The van der Waals surface area contributed by atoms with E-state index in [2.05, 4.69) is 27.8 Å². The summed E-state index contributed by atoms with van der Waals surface area (Å²) in [5.41, 5.74) is 7.57. The first-order valence-electron chi connectivity index (χ1n) is 6.01. The molecular weight excluding hydrogens is 312 g/mol. The summed E-state index contributed by atoms with van der Waals surface area (Å²) in [7, 11) is 0. The molecule has 0 amide bonds. The van der Waals surface area contributed by atoms with Gasteiger partial charge in [0.25, 0.3) is 0 Å². The highest BCUT2D eigenvalue weighted by molar-refractivity contribution is 9.10. The van der Waals surface area contributed by atoms with E-state index < -0.39 is 0 Å². The number of aliphatic hydroxyl groups is 1. The van der Waals surface area contributed by atoms with Crippen LogP contribution in [0.3, 0.4) is 0 Å². The van der Waals surface area contributed by atoms with Crippen LogP contribution in [0.5, 0.6) is 0 Å². The van der Waals surface area contributed by atoms with Crippen LogP contribution in [-0.4, -0.2) is 29.3 Å². The van der Waals surface area contributed by atoms with Gasteiger partial charge in [-0.25, -0.2) is 0 Å². The second-order valence-corrected chi connectivity index (χ2v) is 6.10. The molecule has 5 heteroatoms. The summed E-state index contributed by atoms with van der Waals surface area (Å²) in [6, 6.07) is 5.94. The molecular formula is C13H17BrN2OS. The van der Waals surface area contributed by atoms with Crippen molar-refractivity contribution < 1.29 is 5.11 Å². The number of halogens is 1. The maximum absolute atomic E-state index is 9.93. The predicted octanol–water partition coefficient (Wildman–Crippen LogP) is 2.29. The Morgan fingerprint density at radius 1 is 1.56 bits per heavy atom. The second kappa shape index (κ2) is 5.55. The van der Waals surface area contributed by atoms with Gasteiger partial charge >= 0.3 is 0 Å². The minimum Gasteiger partial charge on any atom is -0.391 e. The van der Waals surface area contributed by atoms with Crippen LogP contribution >= 0.6 is 28.1 Å². The fourth-order valence-electron chi connectivity index (χ4n) is 2.18. The van der Waals surface area contributed by atoms with Gasteiger partial charge in [0.2, 0.25) is 0 Å². The molecule has 1 aromatic rings. The summed E-state index contributed by atoms with van der Waals surface area (Å²) >= 11 is 8.46. The van der Waals surface area contributed by atoms with Crippen LogP contribution in [-0.2, 0) is 0 Å². The quantitative estimate of drug-likeness (QED) is 0.818. The standard InChI is InChI=1S/C13H17BrN2OS/c1-8-4-5-16(7-12(8)17)9-2-3-10(13(15)18)11(14)6-9/h2-3,6,8,12,17H,4-5,7H2,1H3,(H2,15,18). The Kier molecular flexibility index (Phi) is 4.25. The number of anilines is 1. The zero-order valence-corrected chi connectivity index (χ0v) is 12.7. The minimum absolute atomic E-state index is 0.257. The molecule has 1 aromatic carbocycles. The lowest BCUT2D eigenvalue weighted by atomic mass is 9.95. The molecule has 1 aliphatic heterocycles. The average molecular weight is 329 g/mol. The molecule has 1 aliphatic rings. The monoisotopic (exact) mass is 328 g/mol. The molecule has 2 atom stereocenters. The summed E-state index contributed by atoms with van der Waals surface area (Å²) in [5.74, 6) is 0.376. The molecule has 0 radical (unpaired) electrons. The van der Waals surface area contributed by atoms with E-state index in [1.54, 1.807) is 0 Å². The minimum atomic E-state index is -0.257. The number of thiocarbonyl (C=S) groups is 1. The van der Waals surface area contributed by atoms with Crippen molar-refractivity contribution in [1.29, 1.82) is 0 Å². The Balaban J connectivity index is 2.19. The van der Waals surface area contributed by atoms with E-state index in [0.29, 0.717) is 17.5 Å². The summed E-state index contributed by atoms with van der Waals surface area (Å²) in [6.45, 7) is 3.74. The van der Waals surface area contributed by atoms with Gasteiger partial charge in [-0.15, -0.1) is 0 Å². The first-order valence-corrected chi connectivity index (χ1v) is 7.21. The Morgan fingerprint density at radius 2 is 2.28 bits per heavy atom. The van der Waals surface area contributed by atoms with Gasteiger partial charge in [-0.1, -0.05) is 19.1 Å². The highest BCUT2D eigenvalue weighted by Crippen LogP contribution is 2.27. The Morgan fingerprint density at radius 3 is 2.83 bits per heavy atom. The predicted molar refractivity (Wildman–Crippen MR) is 82.0 cm³/mol. The smallest absolute Gasteiger partial charge is 0.105 e.